The lowest BCUT2D eigenvalue weighted by Gasteiger charge is -2.13. The smallest absolute Gasteiger partial charge is 0.160 e. The molecule has 0 aromatic carbocycles. The van der Waals surface area contributed by atoms with E-state index in [0.717, 1.165) is 32.9 Å². The van der Waals surface area contributed by atoms with Crippen LogP contribution in [0, 0.1) is 6.92 Å². The quantitative estimate of drug-likeness (QED) is 0.801. The Kier molecular flexibility index (Phi) is 3.46. The monoisotopic (exact) mass is 284 g/mol. The Morgan fingerprint density at radius 3 is 2.85 bits per heavy atom. The highest BCUT2D eigenvalue weighted by atomic mass is 32.1. The molecule has 3 heterocycles. The molecule has 0 bridgehead atoms. The highest BCUT2D eigenvalue weighted by molar-refractivity contribution is 7.17. The van der Waals surface area contributed by atoms with Crippen molar-refractivity contribution >= 4 is 21.6 Å². The van der Waals surface area contributed by atoms with Crippen LogP contribution in [-0.4, -0.2) is 22.0 Å². The highest BCUT2D eigenvalue weighted by Crippen LogP contribution is 2.25. The number of thiophene rings is 1. The number of pyridine rings is 1. The molecule has 0 amide bonds. The third-order valence-corrected chi connectivity index (χ3v) is 4.33. The van der Waals surface area contributed by atoms with Crippen LogP contribution >= 0.6 is 11.3 Å². The number of aryl methyl sites for hydroxylation is 1. The van der Waals surface area contributed by atoms with E-state index in [0.29, 0.717) is 0 Å². The molecule has 1 unspecified atom stereocenters. The fourth-order valence-corrected chi connectivity index (χ4v) is 2.94. The molecule has 4 nitrogen and oxygen atoms in total. The maximum absolute atomic E-state index is 4.62. The Bertz CT molecular complexity index is 750. The summed E-state index contributed by atoms with van der Waals surface area (Å²) in [5.74, 6) is 0.734. The van der Waals surface area contributed by atoms with E-state index in [1.54, 1.807) is 11.3 Å². The summed E-state index contributed by atoms with van der Waals surface area (Å²) in [4.78, 5) is 13.5. The molecule has 0 aliphatic rings. The van der Waals surface area contributed by atoms with Crippen molar-refractivity contribution in [3.63, 3.8) is 0 Å². The normalized spacial score (nSPS) is 12.8. The van der Waals surface area contributed by atoms with E-state index < -0.39 is 0 Å². The second-order valence-electron chi connectivity index (χ2n) is 4.77. The van der Waals surface area contributed by atoms with Crippen molar-refractivity contribution in [2.45, 2.75) is 19.9 Å². The fourth-order valence-electron chi connectivity index (χ4n) is 2.16. The maximum atomic E-state index is 4.62. The van der Waals surface area contributed by atoms with E-state index in [1.807, 2.05) is 37.8 Å². The van der Waals surface area contributed by atoms with E-state index in [1.165, 1.54) is 0 Å². The van der Waals surface area contributed by atoms with Crippen LogP contribution in [-0.2, 0) is 0 Å². The standard InChI is InChI=1S/C15H16N4S/c1-9(16-3)12-8-18-15(19-10(12)2)11-6-14-13(17-7-11)4-5-20-14/h4-9,16H,1-3H3. The van der Waals surface area contributed by atoms with Gasteiger partial charge in [-0.3, -0.25) is 4.98 Å². The molecule has 5 heteroatoms. The predicted molar refractivity (Wildman–Crippen MR) is 82.9 cm³/mol. The fraction of sp³-hybridized carbons (Fsp3) is 0.267. The first-order chi connectivity index (χ1) is 9.69. The first kappa shape index (κ1) is 13.1. The van der Waals surface area contributed by atoms with Crippen LogP contribution in [0.25, 0.3) is 21.6 Å². The lowest BCUT2D eigenvalue weighted by molar-refractivity contribution is 0.641. The average Bonchev–Trinajstić information content (AvgIpc) is 2.93. The van der Waals surface area contributed by atoms with Crippen LogP contribution in [0.5, 0.6) is 0 Å². The topological polar surface area (TPSA) is 50.7 Å². The van der Waals surface area contributed by atoms with Crippen molar-refractivity contribution in [3.05, 3.63) is 41.2 Å². The van der Waals surface area contributed by atoms with E-state index in [4.69, 9.17) is 0 Å². The van der Waals surface area contributed by atoms with Gasteiger partial charge in [-0.2, -0.15) is 0 Å². The van der Waals surface area contributed by atoms with Gasteiger partial charge in [-0.1, -0.05) is 0 Å². The number of aromatic nitrogens is 3. The zero-order chi connectivity index (χ0) is 14.1. The van der Waals surface area contributed by atoms with E-state index in [-0.39, 0.29) is 6.04 Å². The lowest BCUT2D eigenvalue weighted by Crippen LogP contribution is -2.14. The van der Waals surface area contributed by atoms with E-state index >= 15 is 0 Å². The molecule has 1 N–H and O–H groups in total. The van der Waals surface area contributed by atoms with Crippen molar-refractivity contribution in [3.8, 4) is 11.4 Å². The molecule has 20 heavy (non-hydrogen) atoms. The lowest BCUT2D eigenvalue weighted by atomic mass is 10.1. The number of nitrogens with zero attached hydrogens (tertiary/aromatic N) is 3. The first-order valence-corrected chi connectivity index (χ1v) is 7.41. The average molecular weight is 284 g/mol. The third-order valence-electron chi connectivity index (χ3n) is 3.48. The van der Waals surface area contributed by atoms with E-state index in [2.05, 4.69) is 33.3 Å². The molecule has 3 aromatic rings. The molecule has 3 aromatic heterocycles. The Morgan fingerprint density at radius 2 is 2.10 bits per heavy atom. The number of hydrogen-bond donors (Lipinski definition) is 1. The molecule has 102 valence electrons. The molecule has 0 fully saturated rings. The van der Waals surface area contributed by atoms with Crippen molar-refractivity contribution in [2.24, 2.45) is 0 Å². The summed E-state index contributed by atoms with van der Waals surface area (Å²) in [6.07, 6.45) is 3.74. The molecule has 0 saturated heterocycles. The van der Waals surface area contributed by atoms with Gasteiger partial charge < -0.3 is 5.32 Å². The molecule has 0 saturated carbocycles. The van der Waals surface area contributed by atoms with Crippen LogP contribution in [0.15, 0.2) is 29.9 Å². The minimum atomic E-state index is 0.252. The number of hydrogen-bond acceptors (Lipinski definition) is 5. The summed E-state index contributed by atoms with van der Waals surface area (Å²) >= 11 is 1.68. The number of rotatable bonds is 3. The second-order valence-corrected chi connectivity index (χ2v) is 5.72. The predicted octanol–water partition coefficient (Wildman–Crippen LogP) is 3.34. The van der Waals surface area contributed by atoms with Crippen molar-refractivity contribution in [1.29, 1.82) is 0 Å². The van der Waals surface area contributed by atoms with Gasteiger partial charge in [0.15, 0.2) is 5.82 Å². The first-order valence-electron chi connectivity index (χ1n) is 6.53. The van der Waals surface area contributed by atoms with Gasteiger partial charge in [0.25, 0.3) is 0 Å². The van der Waals surface area contributed by atoms with Crippen molar-refractivity contribution in [1.82, 2.24) is 20.3 Å². The third kappa shape index (κ3) is 2.30. The molecular weight excluding hydrogens is 268 g/mol. The Morgan fingerprint density at radius 1 is 1.25 bits per heavy atom. The van der Waals surface area contributed by atoms with Crippen LogP contribution in [0.3, 0.4) is 0 Å². The SMILES string of the molecule is CNC(C)c1cnc(-c2cnc3ccsc3c2)nc1C. The molecule has 3 rings (SSSR count). The summed E-state index contributed by atoms with van der Waals surface area (Å²) in [6.45, 7) is 4.12. The van der Waals surface area contributed by atoms with Crippen LogP contribution in [0.1, 0.15) is 24.2 Å². The largest absolute Gasteiger partial charge is 0.313 e. The minimum absolute atomic E-state index is 0.252. The number of fused-ring (bicyclic) bond motifs is 1. The zero-order valence-corrected chi connectivity index (χ0v) is 12.5. The van der Waals surface area contributed by atoms with Gasteiger partial charge in [0.2, 0.25) is 0 Å². The van der Waals surface area contributed by atoms with Gasteiger partial charge in [0, 0.05) is 35.3 Å². The van der Waals surface area contributed by atoms with E-state index in [9.17, 15) is 0 Å². The summed E-state index contributed by atoms with van der Waals surface area (Å²) in [5, 5.41) is 5.26. The van der Waals surface area contributed by atoms with Gasteiger partial charge >= 0.3 is 0 Å². The Hall–Kier alpha value is -1.85. The van der Waals surface area contributed by atoms with Crippen LogP contribution in [0.4, 0.5) is 0 Å². The van der Waals surface area contributed by atoms with Gasteiger partial charge in [0.05, 0.1) is 10.2 Å². The molecular formula is C15H16N4S. The summed E-state index contributed by atoms with van der Waals surface area (Å²) in [7, 11) is 1.94. The Labute approximate surface area is 121 Å². The van der Waals surface area contributed by atoms with Gasteiger partial charge in [-0.05, 0) is 38.4 Å². The van der Waals surface area contributed by atoms with Gasteiger partial charge in [-0.25, -0.2) is 9.97 Å². The summed E-state index contributed by atoms with van der Waals surface area (Å²) in [5.41, 5.74) is 4.12. The van der Waals surface area contributed by atoms with Gasteiger partial charge in [0.1, 0.15) is 0 Å². The molecule has 0 aliphatic carbocycles. The molecule has 1 atom stereocenters. The van der Waals surface area contributed by atoms with Crippen molar-refractivity contribution in [2.75, 3.05) is 7.05 Å². The molecule has 0 aliphatic heterocycles. The highest BCUT2D eigenvalue weighted by Gasteiger charge is 2.11. The second kappa shape index (κ2) is 5.26. The van der Waals surface area contributed by atoms with Gasteiger partial charge in [-0.15, -0.1) is 11.3 Å². The summed E-state index contributed by atoms with van der Waals surface area (Å²) in [6, 6.07) is 4.37. The maximum Gasteiger partial charge on any atom is 0.160 e. The van der Waals surface area contributed by atoms with Crippen LogP contribution < -0.4 is 5.32 Å². The number of nitrogens with one attached hydrogen (secondary N) is 1. The zero-order valence-electron chi connectivity index (χ0n) is 11.7. The summed E-state index contributed by atoms with van der Waals surface area (Å²) < 4.78 is 1.16. The van der Waals surface area contributed by atoms with Crippen molar-refractivity contribution < 1.29 is 0 Å². The minimum Gasteiger partial charge on any atom is -0.313 e. The molecule has 0 radical (unpaired) electrons. The molecule has 0 spiro atoms. The van der Waals surface area contributed by atoms with Crippen LogP contribution in [0.2, 0.25) is 0 Å². The Balaban J connectivity index is 2.03.